The lowest BCUT2D eigenvalue weighted by molar-refractivity contribution is -0.115. The number of unbranched alkanes of at least 4 members (excludes halogenated alkanes) is 1. The molecule has 8 heteroatoms. The maximum absolute atomic E-state index is 11.9. The van der Waals surface area contributed by atoms with Crippen LogP contribution in [0.3, 0.4) is 0 Å². The number of amides is 2. The number of thioether (sulfide) groups is 1. The van der Waals surface area contributed by atoms with Crippen molar-refractivity contribution in [3.05, 3.63) is 58.8 Å². The highest BCUT2D eigenvalue weighted by Gasteiger charge is 2.25. The van der Waals surface area contributed by atoms with Gasteiger partial charge in [0.1, 0.15) is 0 Å². The maximum atomic E-state index is 11.9. The quantitative estimate of drug-likeness (QED) is 0.498. The Labute approximate surface area is 209 Å². The Morgan fingerprint density at radius 3 is 2.66 bits per heavy atom. The second-order valence-electron chi connectivity index (χ2n) is 9.00. The Kier molecular flexibility index (Phi) is 6.83. The van der Waals surface area contributed by atoms with Gasteiger partial charge in [-0.2, -0.15) is 0 Å². The molecule has 2 saturated heterocycles. The lowest BCUT2D eigenvalue weighted by atomic mass is 10.00. The van der Waals surface area contributed by atoms with E-state index in [1.54, 1.807) is 12.3 Å². The highest BCUT2D eigenvalue weighted by molar-refractivity contribution is 8.18. The minimum atomic E-state index is -0.396. The van der Waals surface area contributed by atoms with Crippen LogP contribution >= 0.6 is 11.8 Å². The highest BCUT2D eigenvalue weighted by Crippen LogP contribution is 2.32. The number of carbonyl (C=O) groups excluding carboxylic acids is 2. The molecule has 0 aliphatic carbocycles. The molecule has 2 aliphatic rings. The summed E-state index contributed by atoms with van der Waals surface area (Å²) in [6.45, 7) is 9.94. The Morgan fingerprint density at radius 1 is 1.11 bits per heavy atom. The predicted molar refractivity (Wildman–Crippen MR) is 142 cm³/mol. The van der Waals surface area contributed by atoms with E-state index in [0.717, 1.165) is 60.1 Å². The first kappa shape index (κ1) is 23.5. The smallest absolute Gasteiger partial charge is 0.290 e. The second-order valence-corrected chi connectivity index (χ2v) is 10.0. The summed E-state index contributed by atoms with van der Waals surface area (Å²) in [6.07, 6.45) is 5.75. The molecule has 0 unspecified atom stereocenters. The molecule has 3 heterocycles. The number of carbonyl (C=O) groups is 2. The van der Waals surface area contributed by atoms with E-state index in [9.17, 15) is 9.59 Å². The SMILES string of the molecule is CCCCN1CCN(c2ccc(-c3cccc4ncc(C=C5SC(=O)NC5=O)nc34)cc2C)CC1. The van der Waals surface area contributed by atoms with Gasteiger partial charge in [0.15, 0.2) is 0 Å². The van der Waals surface area contributed by atoms with E-state index in [-0.39, 0.29) is 5.24 Å². The highest BCUT2D eigenvalue weighted by atomic mass is 32.2. The van der Waals surface area contributed by atoms with Gasteiger partial charge < -0.3 is 4.90 Å². The number of aromatic nitrogens is 2. The standard InChI is InChI=1S/C27H29N5O2S/c1-3-4-10-31-11-13-32(14-12-31)23-9-8-19(15-18(23)2)21-6-5-7-22-25(21)29-20(17-28-22)16-24-26(33)30-27(34)35-24/h5-9,15-17H,3-4,10-14H2,1-2H3,(H,30,33,34). The lowest BCUT2D eigenvalue weighted by Gasteiger charge is -2.37. The molecule has 0 spiro atoms. The number of para-hydroxylation sites is 1. The van der Waals surface area contributed by atoms with Gasteiger partial charge in [0.2, 0.25) is 0 Å². The Balaban J connectivity index is 1.41. The molecule has 180 valence electrons. The zero-order valence-electron chi connectivity index (χ0n) is 20.1. The van der Waals surface area contributed by atoms with Gasteiger partial charge in [-0.1, -0.05) is 31.5 Å². The average molecular weight is 488 g/mol. The fourth-order valence-corrected chi connectivity index (χ4v) is 5.34. The number of hydrogen-bond donors (Lipinski definition) is 1. The Morgan fingerprint density at radius 2 is 1.94 bits per heavy atom. The predicted octanol–water partition coefficient (Wildman–Crippen LogP) is 4.85. The molecule has 3 aromatic rings. The molecular weight excluding hydrogens is 458 g/mol. The summed E-state index contributed by atoms with van der Waals surface area (Å²) in [6, 6.07) is 12.6. The van der Waals surface area contributed by atoms with Gasteiger partial charge in [0, 0.05) is 37.4 Å². The third-order valence-electron chi connectivity index (χ3n) is 6.56. The third kappa shape index (κ3) is 5.09. The normalized spacial score (nSPS) is 18.0. The van der Waals surface area contributed by atoms with Crippen LogP contribution in [0.1, 0.15) is 31.0 Å². The minimum absolute atomic E-state index is 0.330. The van der Waals surface area contributed by atoms with Gasteiger partial charge >= 0.3 is 0 Å². The fraction of sp³-hybridized carbons (Fsp3) is 0.333. The van der Waals surface area contributed by atoms with Gasteiger partial charge in [0.05, 0.1) is 27.8 Å². The minimum Gasteiger partial charge on any atom is -0.369 e. The van der Waals surface area contributed by atoms with Crippen molar-refractivity contribution in [2.75, 3.05) is 37.6 Å². The molecule has 2 amide bonds. The molecule has 5 rings (SSSR count). The van der Waals surface area contributed by atoms with Crippen molar-refractivity contribution in [2.45, 2.75) is 26.7 Å². The molecule has 2 fully saturated rings. The summed E-state index contributed by atoms with van der Waals surface area (Å²) < 4.78 is 0. The molecule has 2 aliphatic heterocycles. The van der Waals surface area contributed by atoms with E-state index in [1.165, 1.54) is 30.6 Å². The number of nitrogens with zero attached hydrogens (tertiary/aromatic N) is 4. The molecule has 2 aromatic carbocycles. The van der Waals surface area contributed by atoms with Crippen molar-refractivity contribution < 1.29 is 9.59 Å². The van der Waals surface area contributed by atoms with Crippen molar-refractivity contribution >= 4 is 45.7 Å². The molecule has 1 aromatic heterocycles. The van der Waals surface area contributed by atoms with Crippen molar-refractivity contribution in [2.24, 2.45) is 0 Å². The molecule has 1 N–H and O–H groups in total. The van der Waals surface area contributed by atoms with Gasteiger partial charge in [-0.3, -0.25) is 24.8 Å². The molecule has 7 nitrogen and oxygen atoms in total. The van der Waals surface area contributed by atoms with Gasteiger partial charge in [0.25, 0.3) is 11.1 Å². The molecule has 35 heavy (non-hydrogen) atoms. The lowest BCUT2D eigenvalue weighted by Crippen LogP contribution is -2.46. The van der Waals surface area contributed by atoms with Crippen LogP contribution in [0.5, 0.6) is 0 Å². The van der Waals surface area contributed by atoms with E-state index in [0.29, 0.717) is 10.6 Å². The maximum Gasteiger partial charge on any atom is 0.290 e. The first-order chi connectivity index (χ1) is 17.0. The van der Waals surface area contributed by atoms with E-state index in [1.807, 2.05) is 12.1 Å². The summed E-state index contributed by atoms with van der Waals surface area (Å²) in [7, 11) is 0. The number of nitrogens with one attached hydrogen (secondary N) is 1. The van der Waals surface area contributed by atoms with E-state index in [2.05, 4.69) is 58.2 Å². The summed E-state index contributed by atoms with van der Waals surface area (Å²) >= 11 is 0.881. The number of rotatable bonds is 6. The van der Waals surface area contributed by atoms with E-state index >= 15 is 0 Å². The van der Waals surface area contributed by atoms with Crippen LogP contribution in [-0.2, 0) is 4.79 Å². The van der Waals surface area contributed by atoms with Crippen LogP contribution in [0.15, 0.2) is 47.5 Å². The molecular formula is C27H29N5O2S. The average Bonchev–Trinajstić information content (AvgIpc) is 3.18. The molecule has 0 saturated carbocycles. The van der Waals surface area contributed by atoms with Gasteiger partial charge in [-0.05, 0) is 67.1 Å². The number of fused-ring (bicyclic) bond motifs is 1. The van der Waals surface area contributed by atoms with Crippen molar-refractivity contribution in [1.29, 1.82) is 0 Å². The van der Waals surface area contributed by atoms with Crippen molar-refractivity contribution in [1.82, 2.24) is 20.2 Å². The third-order valence-corrected chi connectivity index (χ3v) is 7.37. The van der Waals surface area contributed by atoms with Crippen molar-refractivity contribution in [3.63, 3.8) is 0 Å². The largest absolute Gasteiger partial charge is 0.369 e. The Bertz CT molecular complexity index is 1310. The topological polar surface area (TPSA) is 78.4 Å². The molecule has 0 radical (unpaired) electrons. The number of benzene rings is 2. The summed E-state index contributed by atoms with van der Waals surface area (Å²) in [5, 5.41) is 1.91. The number of aryl methyl sites for hydroxylation is 1. The van der Waals surface area contributed by atoms with Crippen LogP contribution in [0.25, 0.3) is 28.2 Å². The number of hydrogen-bond acceptors (Lipinski definition) is 7. The van der Waals surface area contributed by atoms with E-state index < -0.39 is 5.91 Å². The summed E-state index contributed by atoms with van der Waals surface area (Å²) in [5.41, 5.74) is 6.71. The second kappa shape index (κ2) is 10.2. The van der Waals surface area contributed by atoms with Crippen LogP contribution in [-0.4, -0.2) is 58.7 Å². The number of anilines is 1. The molecule has 0 bridgehead atoms. The van der Waals surface area contributed by atoms with Gasteiger partial charge in [-0.25, -0.2) is 4.98 Å². The van der Waals surface area contributed by atoms with Crippen LogP contribution < -0.4 is 10.2 Å². The number of piperazine rings is 1. The zero-order chi connectivity index (χ0) is 24.4. The zero-order valence-corrected chi connectivity index (χ0v) is 20.9. The monoisotopic (exact) mass is 487 g/mol. The summed E-state index contributed by atoms with van der Waals surface area (Å²) in [4.78, 5) is 38.1. The Hall–Kier alpha value is -3.23. The van der Waals surface area contributed by atoms with Crippen molar-refractivity contribution in [3.8, 4) is 11.1 Å². The summed E-state index contributed by atoms with van der Waals surface area (Å²) in [5.74, 6) is -0.396. The van der Waals surface area contributed by atoms with Crippen LogP contribution in [0.4, 0.5) is 10.5 Å². The number of imide groups is 1. The van der Waals surface area contributed by atoms with Crippen LogP contribution in [0, 0.1) is 6.92 Å². The van der Waals surface area contributed by atoms with E-state index in [4.69, 9.17) is 4.98 Å². The first-order valence-electron chi connectivity index (χ1n) is 12.1. The first-order valence-corrected chi connectivity index (χ1v) is 12.9. The fourth-order valence-electron chi connectivity index (χ4n) is 4.68. The van der Waals surface area contributed by atoms with Crippen LogP contribution in [0.2, 0.25) is 0 Å². The van der Waals surface area contributed by atoms with Gasteiger partial charge in [-0.15, -0.1) is 0 Å². The molecule has 0 atom stereocenters.